The van der Waals surface area contributed by atoms with E-state index in [1.807, 2.05) is 0 Å². The van der Waals surface area contributed by atoms with Crippen LogP contribution in [0.4, 0.5) is 0 Å². The molecule has 0 spiro atoms. The molecule has 0 aromatic carbocycles. The fourth-order valence-electron chi connectivity index (χ4n) is 2.23. The summed E-state index contributed by atoms with van der Waals surface area (Å²) in [5.74, 6) is -3.46. The predicted octanol–water partition coefficient (Wildman–Crippen LogP) is -2.78. The average molecular weight is 454 g/mol. The first kappa shape index (κ1) is 27.5. The summed E-state index contributed by atoms with van der Waals surface area (Å²) in [5, 5.41) is 25.8. The van der Waals surface area contributed by atoms with E-state index >= 15 is 0 Å². The lowest BCUT2D eigenvalue weighted by molar-refractivity contribution is -0.145. The van der Waals surface area contributed by atoms with Crippen molar-refractivity contribution < 1.29 is 29.4 Å². The molecule has 11 nitrogen and oxygen atoms in total. The van der Waals surface area contributed by atoms with Crippen LogP contribution in [0.15, 0.2) is 0 Å². The number of aliphatic carboxylic acids is 1. The lowest BCUT2D eigenvalue weighted by Crippen LogP contribution is -2.58. The van der Waals surface area contributed by atoms with Crippen molar-refractivity contribution in [2.75, 3.05) is 18.1 Å². The Balaban J connectivity index is 5.23. The maximum atomic E-state index is 12.5. The van der Waals surface area contributed by atoms with Crippen molar-refractivity contribution in [3.63, 3.8) is 0 Å². The van der Waals surface area contributed by atoms with Gasteiger partial charge in [0.25, 0.3) is 0 Å². The summed E-state index contributed by atoms with van der Waals surface area (Å²) in [6, 6.07) is -4.61. The second-order valence-corrected chi connectivity index (χ2v) is 7.17. The second-order valence-electron chi connectivity index (χ2n) is 6.44. The van der Waals surface area contributed by atoms with E-state index in [1.165, 1.54) is 6.92 Å². The first-order valence-corrected chi connectivity index (χ1v) is 10.3. The number of nitrogens with one attached hydrogen (secondary N) is 3. The zero-order chi connectivity index (χ0) is 22.6. The number of carbonyl (C=O) groups is 4. The number of thiol groups is 2. The van der Waals surface area contributed by atoms with E-state index in [9.17, 15) is 24.3 Å². The minimum atomic E-state index is -1.54. The number of carbonyl (C=O) groups excluding carboxylic acids is 3. The standard InChI is InChI=1S/C16H31N5O6S2/c1-8(22)12(16(26)27)21-14(24)10(4-2-3-5-17)19-15(25)11(7-29)20-13(23)9(18)6-28/h8-12,22,28-29H,2-7,17-18H2,1H3,(H,19,25)(H,20,23)(H,21,24)(H,26,27). The van der Waals surface area contributed by atoms with Crippen LogP contribution in [0.3, 0.4) is 0 Å². The average Bonchev–Trinajstić information content (AvgIpc) is 2.67. The Kier molecular flexibility index (Phi) is 13.7. The van der Waals surface area contributed by atoms with Crippen LogP contribution in [-0.4, -0.2) is 82.2 Å². The molecule has 168 valence electrons. The van der Waals surface area contributed by atoms with Gasteiger partial charge < -0.3 is 37.6 Å². The van der Waals surface area contributed by atoms with Crippen molar-refractivity contribution in [3.05, 3.63) is 0 Å². The zero-order valence-corrected chi connectivity index (χ0v) is 18.0. The molecule has 0 aliphatic rings. The molecular weight excluding hydrogens is 422 g/mol. The van der Waals surface area contributed by atoms with Gasteiger partial charge in [0.2, 0.25) is 17.7 Å². The number of hydrogen-bond acceptors (Lipinski definition) is 9. The van der Waals surface area contributed by atoms with Crippen molar-refractivity contribution in [2.24, 2.45) is 11.5 Å². The van der Waals surface area contributed by atoms with Gasteiger partial charge in [-0.2, -0.15) is 25.3 Å². The third-order valence-corrected chi connectivity index (χ3v) is 4.73. The zero-order valence-electron chi connectivity index (χ0n) is 16.2. The molecule has 0 aliphatic carbocycles. The molecule has 0 heterocycles. The SMILES string of the molecule is CC(O)C(NC(=O)C(CCCCN)NC(=O)C(CS)NC(=O)C(N)CS)C(=O)O. The van der Waals surface area contributed by atoms with E-state index in [1.54, 1.807) is 0 Å². The smallest absolute Gasteiger partial charge is 0.328 e. The van der Waals surface area contributed by atoms with Crippen LogP contribution in [0.5, 0.6) is 0 Å². The molecular formula is C16H31N5O6S2. The Morgan fingerprint density at radius 1 is 0.931 bits per heavy atom. The third kappa shape index (κ3) is 10.2. The molecule has 5 atom stereocenters. The number of carboxylic acids is 1. The van der Waals surface area contributed by atoms with Crippen molar-refractivity contribution in [2.45, 2.75) is 56.5 Å². The number of amides is 3. The molecule has 0 aliphatic heterocycles. The second kappa shape index (κ2) is 14.4. The molecule has 9 N–H and O–H groups in total. The largest absolute Gasteiger partial charge is 0.480 e. The molecule has 0 saturated carbocycles. The Bertz CT molecular complexity index is 566. The Morgan fingerprint density at radius 2 is 1.48 bits per heavy atom. The highest BCUT2D eigenvalue weighted by Gasteiger charge is 2.31. The molecule has 5 unspecified atom stereocenters. The highest BCUT2D eigenvalue weighted by molar-refractivity contribution is 7.80. The normalized spacial score (nSPS) is 16.1. The number of carboxylic acid groups (broad SMARTS) is 1. The van der Waals surface area contributed by atoms with Gasteiger partial charge in [-0.3, -0.25) is 14.4 Å². The van der Waals surface area contributed by atoms with Crippen LogP contribution in [0, 0.1) is 0 Å². The minimum Gasteiger partial charge on any atom is -0.480 e. The Hall–Kier alpha value is -1.54. The van der Waals surface area contributed by atoms with Gasteiger partial charge in [-0.25, -0.2) is 4.79 Å². The van der Waals surface area contributed by atoms with Crippen LogP contribution in [0.1, 0.15) is 26.2 Å². The summed E-state index contributed by atoms with van der Waals surface area (Å²) in [5.41, 5.74) is 11.0. The molecule has 13 heteroatoms. The summed E-state index contributed by atoms with van der Waals surface area (Å²) in [6.07, 6.45) is -0.0836. The van der Waals surface area contributed by atoms with E-state index in [2.05, 4.69) is 41.2 Å². The number of aliphatic hydroxyl groups excluding tert-OH is 1. The highest BCUT2D eigenvalue weighted by atomic mass is 32.1. The lowest BCUT2D eigenvalue weighted by atomic mass is 10.1. The topological polar surface area (TPSA) is 197 Å². The first-order valence-electron chi connectivity index (χ1n) is 9.08. The first-order chi connectivity index (χ1) is 13.6. The van der Waals surface area contributed by atoms with Gasteiger partial charge in [0.1, 0.15) is 12.1 Å². The predicted molar refractivity (Wildman–Crippen MR) is 114 cm³/mol. The number of rotatable bonds is 14. The van der Waals surface area contributed by atoms with Gasteiger partial charge in [0.15, 0.2) is 6.04 Å². The van der Waals surface area contributed by atoms with E-state index in [0.29, 0.717) is 19.4 Å². The Morgan fingerprint density at radius 3 is 1.93 bits per heavy atom. The molecule has 0 radical (unpaired) electrons. The maximum Gasteiger partial charge on any atom is 0.328 e. The lowest BCUT2D eigenvalue weighted by Gasteiger charge is -2.25. The van der Waals surface area contributed by atoms with E-state index in [-0.39, 0.29) is 17.9 Å². The summed E-state index contributed by atoms with van der Waals surface area (Å²) in [4.78, 5) is 48.1. The van der Waals surface area contributed by atoms with Crippen LogP contribution in [0.25, 0.3) is 0 Å². The van der Waals surface area contributed by atoms with Gasteiger partial charge in [0.05, 0.1) is 12.1 Å². The van der Waals surface area contributed by atoms with Crippen LogP contribution < -0.4 is 27.4 Å². The summed E-state index contributed by atoms with van der Waals surface area (Å²) >= 11 is 7.95. The highest BCUT2D eigenvalue weighted by Crippen LogP contribution is 2.04. The fourth-order valence-corrected chi connectivity index (χ4v) is 2.66. The monoisotopic (exact) mass is 453 g/mol. The molecule has 0 fully saturated rings. The van der Waals surface area contributed by atoms with E-state index in [4.69, 9.17) is 16.6 Å². The Labute approximate surface area is 180 Å². The van der Waals surface area contributed by atoms with Crippen molar-refractivity contribution in [3.8, 4) is 0 Å². The molecule has 0 saturated heterocycles. The molecule has 0 aromatic heterocycles. The third-order valence-electron chi connectivity index (χ3n) is 3.98. The quantitative estimate of drug-likeness (QED) is 0.0994. The summed E-state index contributed by atoms with van der Waals surface area (Å²) in [6.45, 7) is 1.60. The fraction of sp³-hybridized carbons (Fsp3) is 0.750. The van der Waals surface area contributed by atoms with E-state index < -0.39 is 54.0 Å². The molecule has 0 bridgehead atoms. The summed E-state index contributed by atoms with van der Waals surface area (Å²) in [7, 11) is 0. The van der Waals surface area contributed by atoms with Crippen LogP contribution in [-0.2, 0) is 19.2 Å². The van der Waals surface area contributed by atoms with E-state index in [0.717, 1.165) is 0 Å². The molecule has 29 heavy (non-hydrogen) atoms. The van der Waals surface area contributed by atoms with Crippen molar-refractivity contribution in [1.82, 2.24) is 16.0 Å². The molecule has 0 aromatic rings. The van der Waals surface area contributed by atoms with Gasteiger partial charge in [-0.1, -0.05) is 0 Å². The van der Waals surface area contributed by atoms with Crippen molar-refractivity contribution in [1.29, 1.82) is 0 Å². The minimum absolute atomic E-state index is 0.0561. The maximum absolute atomic E-state index is 12.5. The van der Waals surface area contributed by atoms with Crippen LogP contribution in [0.2, 0.25) is 0 Å². The van der Waals surface area contributed by atoms with Gasteiger partial charge in [-0.05, 0) is 32.7 Å². The number of aliphatic hydroxyl groups is 1. The van der Waals surface area contributed by atoms with Gasteiger partial charge in [-0.15, -0.1) is 0 Å². The van der Waals surface area contributed by atoms with Crippen molar-refractivity contribution >= 4 is 48.9 Å². The number of hydrogen-bond donors (Lipinski definition) is 9. The number of nitrogens with two attached hydrogens (primary N) is 2. The molecule has 0 rings (SSSR count). The van der Waals surface area contributed by atoms with Crippen LogP contribution >= 0.6 is 25.3 Å². The van der Waals surface area contributed by atoms with Gasteiger partial charge >= 0.3 is 5.97 Å². The van der Waals surface area contributed by atoms with Gasteiger partial charge in [0, 0.05) is 11.5 Å². The number of unbranched alkanes of at least 4 members (excludes halogenated alkanes) is 1. The summed E-state index contributed by atoms with van der Waals surface area (Å²) < 4.78 is 0. The molecule has 3 amide bonds.